The first-order valence-corrected chi connectivity index (χ1v) is 7.90. The van der Waals surface area contributed by atoms with E-state index in [1.165, 1.54) is 4.90 Å². The fourth-order valence-corrected chi connectivity index (χ4v) is 1.46. The Morgan fingerprint density at radius 2 is 1.77 bits per heavy atom. The van der Waals surface area contributed by atoms with E-state index in [0.717, 1.165) is 39.0 Å². The van der Waals surface area contributed by atoms with Gasteiger partial charge in [-0.25, -0.2) is 4.99 Å². The van der Waals surface area contributed by atoms with Gasteiger partial charge < -0.3 is 25.0 Å². The third kappa shape index (κ3) is 12.4. The highest BCUT2D eigenvalue weighted by Gasteiger charge is 2.04. The smallest absolute Gasteiger partial charge is 0.243 e. The zero-order valence-electron chi connectivity index (χ0n) is 14.5. The van der Waals surface area contributed by atoms with E-state index in [2.05, 4.69) is 22.5 Å². The highest BCUT2D eigenvalue weighted by molar-refractivity contribution is 5.84. The maximum Gasteiger partial charge on any atom is 0.243 e. The van der Waals surface area contributed by atoms with Gasteiger partial charge in [-0.1, -0.05) is 13.3 Å². The Morgan fingerprint density at radius 3 is 2.41 bits per heavy atom. The van der Waals surface area contributed by atoms with Gasteiger partial charge in [-0.2, -0.15) is 0 Å². The largest absolute Gasteiger partial charge is 0.383 e. The molecule has 0 heterocycles. The molecule has 7 heteroatoms. The van der Waals surface area contributed by atoms with Crippen LogP contribution in [0.25, 0.3) is 0 Å². The molecule has 0 fully saturated rings. The molecular formula is C15H32N4O3. The fourth-order valence-electron chi connectivity index (χ4n) is 1.46. The van der Waals surface area contributed by atoms with Gasteiger partial charge in [0.25, 0.3) is 0 Å². The van der Waals surface area contributed by atoms with E-state index in [0.29, 0.717) is 19.1 Å². The third-order valence-electron chi connectivity index (χ3n) is 2.87. The normalized spacial score (nSPS) is 11.4. The lowest BCUT2D eigenvalue weighted by Crippen LogP contribution is -2.40. The predicted molar refractivity (Wildman–Crippen MR) is 89.2 cm³/mol. The first-order valence-electron chi connectivity index (χ1n) is 7.90. The topological polar surface area (TPSA) is 75.2 Å². The van der Waals surface area contributed by atoms with Crippen LogP contribution in [0.1, 0.15) is 26.2 Å². The number of hydrogen-bond acceptors (Lipinski definition) is 4. The first kappa shape index (κ1) is 20.7. The van der Waals surface area contributed by atoms with Gasteiger partial charge in [0, 0.05) is 47.5 Å². The highest BCUT2D eigenvalue weighted by atomic mass is 16.5. The van der Waals surface area contributed by atoms with Gasteiger partial charge >= 0.3 is 0 Å². The van der Waals surface area contributed by atoms with Crippen LogP contribution in [-0.4, -0.2) is 77.4 Å². The molecular weight excluding hydrogens is 284 g/mol. The van der Waals surface area contributed by atoms with Crippen LogP contribution in [0.2, 0.25) is 0 Å². The van der Waals surface area contributed by atoms with Crippen molar-refractivity contribution in [1.29, 1.82) is 0 Å². The summed E-state index contributed by atoms with van der Waals surface area (Å²) in [5.74, 6) is 0.594. The number of hydrogen-bond donors (Lipinski definition) is 2. The van der Waals surface area contributed by atoms with Crippen LogP contribution < -0.4 is 10.6 Å². The summed E-state index contributed by atoms with van der Waals surface area (Å²) in [6, 6.07) is 0. The van der Waals surface area contributed by atoms with Crippen molar-refractivity contribution in [2.75, 3.05) is 60.7 Å². The van der Waals surface area contributed by atoms with Gasteiger partial charge in [0.1, 0.15) is 6.54 Å². The van der Waals surface area contributed by atoms with Crippen LogP contribution in [0.4, 0.5) is 0 Å². The van der Waals surface area contributed by atoms with E-state index in [9.17, 15) is 4.79 Å². The van der Waals surface area contributed by atoms with Crippen LogP contribution in [-0.2, 0) is 14.3 Å². The van der Waals surface area contributed by atoms with Gasteiger partial charge in [-0.15, -0.1) is 0 Å². The lowest BCUT2D eigenvalue weighted by Gasteiger charge is -2.13. The molecule has 0 unspecified atom stereocenters. The molecule has 0 aromatic heterocycles. The number of carbonyl (C=O) groups excluding carboxylic acids is 1. The van der Waals surface area contributed by atoms with Crippen molar-refractivity contribution in [3.8, 4) is 0 Å². The summed E-state index contributed by atoms with van der Waals surface area (Å²) >= 11 is 0. The number of likely N-dealkylation sites (N-methyl/N-ethyl adjacent to an activating group) is 1. The van der Waals surface area contributed by atoms with Crippen molar-refractivity contribution in [3.05, 3.63) is 0 Å². The number of ether oxygens (including phenoxy) is 2. The number of methoxy groups -OCH3 is 1. The van der Waals surface area contributed by atoms with Crippen molar-refractivity contribution in [2.24, 2.45) is 4.99 Å². The monoisotopic (exact) mass is 316 g/mol. The fraction of sp³-hybridized carbons (Fsp3) is 0.867. The quantitative estimate of drug-likeness (QED) is 0.311. The number of carbonyl (C=O) groups is 1. The summed E-state index contributed by atoms with van der Waals surface area (Å²) in [4.78, 5) is 17.4. The minimum absolute atomic E-state index is 0.0317. The molecule has 0 rings (SSSR count). The summed E-state index contributed by atoms with van der Waals surface area (Å²) in [6.07, 6.45) is 3.15. The van der Waals surface area contributed by atoms with E-state index in [1.54, 1.807) is 21.2 Å². The summed E-state index contributed by atoms with van der Waals surface area (Å²) in [6.45, 7) is 5.81. The molecule has 2 N–H and O–H groups in total. The number of unbranched alkanes of at least 4 members (excludes halogenated alkanes) is 1. The number of guanidine groups is 1. The van der Waals surface area contributed by atoms with Crippen LogP contribution in [0.3, 0.4) is 0 Å². The van der Waals surface area contributed by atoms with E-state index < -0.39 is 0 Å². The lowest BCUT2D eigenvalue weighted by molar-refractivity contribution is -0.127. The molecule has 1 amide bonds. The van der Waals surface area contributed by atoms with Crippen molar-refractivity contribution < 1.29 is 14.3 Å². The molecule has 0 bridgehead atoms. The molecule has 0 aliphatic rings. The Bertz CT molecular complexity index is 309. The van der Waals surface area contributed by atoms with E-state index >= 15 is 0 Å². The molecule has 130 valence electrons. The Hall–Kier alpha value is -1.34. The van der Waals surface area contributed by atoms with Crippen molar-refractivity contribution in [2.45, 2.75) is 26.2 Å². The SMILES string of the molecule is CCCCOCCCNC(=NCC(=O)N(C)C)NCCOC. The van der Waals surface area contributed by atoms with Gasteiger partial charge in [-0.3, -0.25) is 4.79 Å². The first-order chi connectivity index (χ1) is 10.6. The highest BCUT2D eigenvalue weighted by Crippen LogP contribution is 1.89. The van der Waals surface area contributed by atoms with E-state index in [4.69, 9.17) is 9.47 Å². The maximum absolute atomic E-state index is 11.6. The standard InChI is InChI=1S/C15H32N4O3/c1-5-6-10-22-11-7-8-16-15(17-9-12-21-4)18-13-14(20)19(2)3/h5-13H2,1-4H3,(H2,16,17,18). The van der Waals surface area contributed by atoms with Crippen LogP contribution in [0, 0.1) is 0 Å². The predicted octanol–water partition coefficient (Wildman–Crippen LogP) is 0.463. The number of nitrogens with one attached hydrogen (secondary N) is 2. The minimum atomic E-state index is -0.0317. The molecule has 0 radical (unpaired) electrons. The van der Waals surface area contributed by atoms with Crippen LogP contribution in [0.5, 0.6) is 0 Å². The molecule has 0 aliphatic heterocycles. The average molecular weight is 316 g/mol. The van der Waals surface area contributed by atoms with Crippen molar-refractivity contribution in [1.82, 2.24) is 15.5 Å². The van der Waals surface area contributed by atoms with E-state index in [1.807, 2.05) is 0 Å². The second-order valence-electron chi connectivity index (χ2n) is 5.12. The number of rotatable bonds is 12. The number of aliphatic imine (C=N–C) groups is 1. The molecule has 0 saturated heterocycles. The summed E-state index contributed by atoms with van der Waals surface area (Å²) in [5, 5.41) is 6.32. The second-order valence-corrected chi connectivity index (χ2v) is 5.12. The zero-order valence-corrected chi connectivity index (χ0v) is 14.5. The molecule has 7 nitrogen and oxygen atoms in total. The van der Waals surface area contributed by atoms with Crippen molar-refractivity contribution >= 4 is 11.9 Å². The van der Waals surface area contributed by atoms with Gasteiger partial charge in [0.15, 0.2) is 5.96 Å². The number of amides is 1. The molecule has 0 aromatic rings. The molecule has 22 heavy (non-hydrogen) atoms. The molecule has 0 atom stereocenters. The Balaban J connectivity index is 4.01. The summed E-state index contributed by atoms with van der Waals surface area (Å²) in [5.41, 5.74) is 0. The Morgan fingerprint density at radius 1 is 1.09 bits per heavy atom. The Kier molecular flexibility index (Phi) is 13.7. The van der Waals surface area contributed by atoms with Gasteiger partial charge in [-0.05, 0) is 12.8 Å². The minimum Gasteiger partial charge on any atom is -0.383 e. The lowest BCUT2D eigenvalue weighted by atomic mass is 10.4. The number of nitrogens with zero attached hydrogens (tertiary/aromatic N) is 2. The maximum atomic E-state index is 11.6. The molecule has 0 spiro atoms. The van der Waals surface area contributed by atoms with Crippen LogP contribution >= 0.6 is 0 Å². The van der Waals surface area contributed by atoms with E-state index in [-0.39, 0.29) is 12.5 Å². The zero-order chi connectivity index (χ0) is 16.6. The van der Waals surface area contributed by atoms with Gasteiger partial charge in [0.05, 0.1) is 6.61 Å². The van der Waals surface area contributed by atoms with Crippen LogP contribution in [0.15, 0.2) is 4.99 Å². The molecule has 0 aliphatic carbocycles. The second kappa shape index (κ2) is 14.6. The van der Waals surface area contributed by atoms with Crippen molar-refractivity contribution in [3.63, 3.8) is 0 Å². The molecule has 0 aromatic carbocycles. The average Bonchev–Trinajstić information content (AvgIpc) is 2.50. The molecule has 0 saturated carbocycles. The summed E-state index contributed by atoms with van der Waals surface area (Å²) in [7, 11) is 5.09. The third-order valence-corrected chi connectivity index (χ3v) is 2.87. The van der Waals surface area contributed by atoms with Gasteiger partial charge in [0.2, 0.25) is 5.91 Å². The summed E-state index contributed by atoms with van der Waals surface area (Å²) < 4.78 is 10.5. The Labute approximate surface area is 134 Å².